The van der Waals surface area contributed by atoms with Crippen molar-refractivity contribution < 1.29 is 0 Å². The van der Waals surface area contributed by atoms with Gasteiger partial charge in [0.25, 0.3) is 0 Å². The Morgan fingerprint density at radius 3 is 1.57 bits per heavy atom. The molecule has 0 spiro atoms. The third kappa shape index (κ3) is 4.71. The van der Waals surface area contributed by atoms with Gasteiger partial charge in [0.1, 0.15) is 0 Å². The summed E-state index contributed by atoms with van der Waals surface area (Å²) in [6, 6.07) is 56.7. The smallest absolute Gasteiger partial charge is 0.160 e. The van der Waals surface area contributed by atoms with Gasteiger partial charge in [-0.2, -0.15) is 0 Å². The number of benzene rings is 6. The molecule has 3 nitrogen and oxygen atoms in total. The van der Waals surface area contributed by atoms with E-state index in [0.29, 0.717) is 5.82 Å². The summed E-state index contributed by atoms with van der Waals surface area (Å²) in [5.41, 5.74) is 10.2. The van der Waals surface area contributed by atoms with Crippen molar-refractivity contribution in [3.8, 4) is 56.3 Å². The Morgan fingerprint density at radius 1 is 0.341 bits per heavy atom. The van der Waals surface area contributed by atoms with E-state index in [0.717, 1.165) is 55.6 Å². The highest BCUT2D eigenvalue weighted by Gasteiger charge is 2.17. The molecule has 0 radical (unpaired) electrons. The monoisotopic (exact) mass is 561 g/mol. The molecule has 0 aliphatic carbocycles. The van der Waals surface area contributed by atoms with Gasteiger partial charge in [-0.1, -0.05) is 146 Å². The molecule has 0 fully saturated rings. The summed E-state index contributed by atoms with van der Waals surface area (Å²) in [7, 11) is 0. The van der Waals surface area contributed by atoms with Gasteiger partial charge < -0.3 is 0 Å². The van der Waals surface area contributed by atoms with Crippen molar-refractivity contribution in [3.05, 3.63) is 164 Å². The van der Waals surface area contributed by atoms with Gasteiger partial charge in [0.15, 0.2) is 5.82 Å². The van der Waals surface area contributed by atoms with Crippen molar-refractivity contribution in [1.29, 1.82) is 0 Å². The van der Waals surface area contributed by atoms with Crippen molar-refractivity contribution >= 4 is 21.7 Å². The lowest BCUT2D eigenvalue weighted by molar-refractivity contribution is 1.18. The van der Waals surface area contributed by atoms with Crippen LogP contribution in [0.1, 0.15) is 0 Å². The fourth-order valence-electron chi connectivity index (χ4n) is 5.96. The molecule has 2 aromatic heterocycles. The molecule has 0 saturated heterocycles. The zero-order valence-corrected chi connectivity index (χ0v) is 23.9. The van der Waals surface area contributed by atoms with Crippen molar-refractivity contribution in [2.75, 3.05) is 0 Å². The third-order valence-electron chi connectivity index (χ3n) is 8.07. The maximum absolute atomic E-state index is 5.24. The average molecular weight is 562 g/mol. The molecule has 6 aromatic carbocycles. The molecule has 44 heavy (non-hydrogen) atoms. The summed E-state index contributed by atoms with van der Waals surface area (Å²) >= 11 is 0. The predicted molar refractivity (Wildman–Crippen MR) is 182 cm³/mol. The van der Waals surface area contributed by atoms with Crippen molar-refractivity contribution in [3.63, 3.8) is 0 Å². The molecular formula is C41H27N3. The average Bonchev–Trinajstić information content (AvgIpc) is 3.12. The van der Waals surface area contributed by atoms with Gasteiger partial charge in [-0.05, 0) is 29.3 Å². The second kappa shape index (κ2) is 11.0. The van der Waals surface area contributed by atoms with E-state index in [1.165, 1.54) is 16.5 Å². The van der Waals surface area contributed by atoms with Gasteiger partial charge in [0.2, 0.25) is 0 Å². The summed E-state index contributed by atoms with van der Waals surface area (Å²) in [6.45, 7) is 0. The standard InChI is InChI=1S/C41H27N3/c1-5-14-28(15-6-1)33-22-13-23-34-39(33)35-26-32(24-25-36(35)42-40(34)30-18-9-3-10-19-30)38-27-37(29-16-7-2-8-17-29)43-41(44-38)31-20-11-4-12-21-31/h1-27H. The Morgan fingerprint density at radius 2 is 0.909 bits per heavy atom. The fraction of sp³-hybridized carbons (Fsp3) is 0. The Kier molecular flexibility index (Phi) is 6.47. The van der Waals surface area contributed by atoms with E-state index >= 15 is 0 Å². The SMILES string of the molecule is c1ccc(-c2cc(-c3ccc4nc(-c5ccccc5)c5cccc(-c6ccccc6)c5c4c3)nc(-c3ccccc3)n2)cc1. The van der Waals surface area contributed by atoms with Crippen LogP contribution in [0.2, 0.25) is 0 Å². The quantitative estimate of drug-likeness (QED) is 0.196. The lowest BCUT2D eigenvalue weighted by Gasteiger charge is -2.15. The molecular weight excluding hydrogens is 534 g/mol. The number of pyridine rings is 1. The first-order chi connectivity index (χ1) is 21.8. The van der Waals surface area contributed by atoms with Crippen LogP contribution in [0, 0.1) is 0 Å². The zero-order chi connectivity index (χ0) is 29.3. The molecule has 0 saturated carbocycles. The fourth-order valence-corrected chi connectivity index (χ4v) is 5.96. The highest BCUT2D eigenvalue weighted by atomic mass is 14.9. The highest BCUT2D eigenvalue weighted by Crippen LogP contribution is 2.40. The molecule has 8 rings (SSSR count). The van der Waals surface area contributed by atoms with Gasteiger partial charge in [-0.3, -0.25) is 0 Å². The van der Waals surface area contributed by atoms with Crippen molar-refractivity contribution in [2.45, 2.75) is 0 Å². The van der Waals surface area contributed by atoms with Gasteiger partial charge in [0.05, 0.1) is 22.6 Å². The molecule has 8 aromatic rings. The van der Waals surface area contributed by atoms with E-state index in [1.807, 2.05) is 42.5 Å². The Bertz CT molecular complexity index is 2190. The maximum Gasteiger partial charge on any atom is 0.160 e. The van der Waals surface area contributed by atoms with Gasteiger partial charge in [-0.15, -0.1) is 0 Å². The lowest BCUT2D eigenvalue weighted by atomic mass is 9.92. The number of aromatic nitrogens is 3. The normalized spacial score (nSPS) is 11.2. The summed E-state index contributed by atoms with van der Waals surface area (Å²) in [5.74, 6) is 0.703. The molecule has 3 heteroatoms. The molecule has 0 bridgehead atoms. The minimum absolute atomic E-state index is 0.703. The highest BCUT2D eigenvalue weighted by molar-refractivity contribution is 6.17. The number of fused-ring (bicyclic) bond motifs is 3. The van der Waals surface area contributed by atoms with Crippen LogP contribution in [0.4, 0.5) is 0 Å². The summed E-state index contributed by atoms with van der Waals surface area (Å²) in [5, 5.41) is 3.41. The topological polar surface area (TPSA) is 38.7 Å². The van der Waals surface area contributed by atoms with Crippen LogP contribution in [0.25, 0.3) is 78.0 Å². The van der Waals surface area contributed by atoms with Crippen LogP contribution < -0.4 is 0 Å². The van der Waals surface area contributed by atoms with E-state index in [-0.39, 0.29) is 0 Å². The van der Waals surface area contributed by atoms with E-state index in [9.17, 15) is 0 Å². The molecule has 0 N–H and O–H groups in total. The number of rotatable bonds is 5. The molecule has 206 valence electrons. The minimum atomic E-state index is 0.703. The second-order valence-electron chi connectivity index (χ2n) is 10.8. The number of hydrogen-bond acceptors (Lipinski definition) is 3. The molecule has 0 amide bonds. The predicted octanol–water partition coefficient (Wildman–Crippen LogP) is 10.5. The largest absolute Gasteiger partial charge is 0.247 e. The second-order valence-corrected chi connectivity index (χ2v) is 10.8. The summed E-state index contributed by atoms with van der Waals surface area (Å²) < 4.78 is 0. The van der Waals surface area contributed by atoms with Crippen LogP contribution in [-0.4, -0.2) is 15.0 Å². The molecule has 2 heterocycles. The van der Waals surface area contributed by atoms with Crippen LogP contribution >= 0.6 is 0 Å². The molecule has 0 atom stereocenters. The summed E-state index contributed by atoms with van der Waals surface area (Å²) in [6.07, 6.45) is 0. The van der Waals surface area contributed by atoms with Crippen LogP contribution in [0.15, 0.2) is 164 Å². The van der Waals surface area contributed by atoms with Crippen molar-refractivity contribution in [2.24, 2.45) is 0 Å². The first-order valence-electron chi connectivity index (χ1n) is 14.8. The maximum atomic E-state index is 5.24. The van der Waals surface area contributed by atoms with Crippen LogP contribution in [0.5, 0.6) is 0 Å². The van der Waals surface area contributed by atoms with E-state index < -0.39 is 0 Å². The van der Waals surface area contributed by atoms with Crippen LogP contribution in [0.3, 0.4) is 0 Å². The zero-order valence-electron chi connectivity index (χ0n) is 23.9. The van der Waals surface area contributed by atoms with Crippen molar-refractivity contribution in [1.82, 2.24) is 15.0 Å². The first-order valence-corrected chi connectivity index (χ1v) is 14.8. The van der Waals surface area contributed by atoms with Gasteiger partial charge in [0, 0.05) is 38.4 Å². The number of nitrogens with zero attached hydrogens (tertiary/aromatic N) is 3. The molecule has 0 unspecified atom stereocenters. The third-order valence-corrected chi connectivity index (χ3v) is 8.07. The number of hydrogen-bond donors (Lipinski definition) is 0. The van der Waals surface area contributed by atoms with Crippen LogP contribution in [-0.2, 0) is 0 Å². The summed E-state index contributed by atoms with van der Waals surface area (Å²) in [4.78, 5) is 15.3. The van der Waals surface area contributed by atoms with Gasteiger partial charge >= 0.3 is 0 Å². The lowest BCUT2D eigenvalue weighted by Crippen LogP contribution is -1.96. The first kappa shape index (κ1) is 25.8. The van der Waals surface area contributed by atoms with Gasteiger partial charge in [-0.25, -0.2) is 15.0 Å². The van der Waals surface area contributed by atoms with E-state index in [4.69, 9.17) is 15.0 Å². The molecule has 0 aliphatic heterocycles. The molecule has 0 aliphatic rings. The Balaban J connectivity index is 1.41. The Labute approximate surface area is 256 Å². The van der Waals surface area contributed by atoms with E-state index in [2.05, 4.69) is 121 Å². The minimum Gasteiger partial charge on any atom is -0.247 e. The van der Waals surface area contributed by atoms with E-state index in [1.54, 1.807) is 0 Å². The Hall–Kier alpha value is -5.93.